The van der Waals surface area contributed by atoms with Crippen molar-refractivity contribution in [3.63, 3.8) is 0 Å². The third-order valence-corrected chi connectivity index (χ3v) is 2.49. The van der Waals surface area contributed by atoms with Crippen LogP contribution in [0.3, 0.4) is 0 Å². The summed E-state index contributed by atoms with van der Waals surface area (Å²) in [4.78, 5) is 34.9. The first-order chi connectivity index (χ1) is 9.08. The van der Waals surface area contributed by atoms with Crippen molar-refractivity contribution in [2.45, 2.75) is 13.3 Å². The standard InChI is InChI=1S/C13H17N3O3/c1-10-3-5-11(6-4-10)15-12(18)13(19)16(9-17)8-2-7-14/h3-6,9H,2,7-8,14H2,1H3,(H,15,18). The number of nitrogens with zero attached hydrogens (tertiary/aromatic N) is 1. The maximum absolute atomic E-state index is 11.7. The number of amides is 3. The molecule has 0 aliphatic carbocycles. The summed E-state index contributed by atoms with van der Waals surface area (Å²) in [6.07, 6.45) is 0.801. The minimum Gasteiger partial charge on any atom is -0.330 e. The van der Waals surface area contributed by atoms with Crippen LogP contribution in [0.4, 0.5) is 5.69 Å². The topological polar surface area (TPSA) is 92.5 Å². The largest absolute Gasteiger partial charge is 0.330 e. The van der Waals surface area contributed by atoms with Gasteiger partial charge in [-0.3, -0.25) is 19.3 Å². The molecule has 1 aromatic rings. The molecule has 6 nitrogen and oxygen atoms in total. The Bertz CT molecular complexity index is 457. The number of nitrogens with one attached hydrogen (secondary N) is 1. The zero-order valence-corrected chi connectivity index (χ0v) is 10.8. The molecule has 0 aromatic heterocycles. The molecule has 0 fully saturated rings. The molecule has 0 radical (unpaired) electrons. The molecule has 1 aromatic carbocycles. The fourth-order valence-electron chi connectivity index (χ4n) is 1.42. The van der Waals surface area contributed by atoms with Crippen molar-refractivity contribution in [1.82, 2.24) is 4.90 Å². The lowest BCUT2D eigenvalue weighted by Crippen LogP contribution is -2.39. The van der Waals surface area contributed by atoms with E-state index in [1.165, 1.54) is 0 Å². The van der Waals surface area contributed by atoms with Crippen molar-refractivity contribution in [3.05, 3.63) is 29.8 Å². The van der Waals surface area contributed by atoms with E-state index in [0.717, 1.165) is 10.5 Å². The first-order valence-corrected chi connectivity index (χ1v) is 5.92. The summed E-state index contributed by atoms with van der Waals surface area (Å²) in [7, 11) is 0. The first-order valence-electron chi connectivity index (χ1n) is 5.92. The second kappa shape index (κ2) is 7.27. The third kappa shape index (κ3) is 4.51. The molecule has 0 atom stereocenters. The van der Waals surface area contributed by atoms with Crippen LogP contribution in [0.2, 0.25) is 0 Å². The van der Waals surface area contributed by atoms with Gasteiger partial charge in [-0.15, -0.1) is 0 Å². The molecule has 0 aliphatic rings. The van der Waals surface area contributed by atoms with Gasteiger partial charge in [-0.25, -0.2) is 0 Å². The lowest BCUT2D eigenvalue weighted by molar-refractivity contribution is -0.146. The number of rotatable bonds is 5. The summed E-state index contributed by atoms with van der Waals surface area (Å²) in [5, 5.41) is 2.44. The molecule has 3 N–H and O–H groups in total. The van der Waals surface area contributed by atoms with Gasteiger partial charge >= 0.3 is 11.8 Å². The van der Waals surface area contributed by atoms with Gasteiger partial charge in [0.2, 0.25) is 6.41 Å². The Kier molecular flexibility index (Phi) is 5.69. The Morgan fingerprint density at radius 3 is 2.47 bits per heavy atom. The minimum absolute atomic E-state index is 0.139. The molecule has 102 valence electrons. The predicted molar refractivity (Wildman–Crippen MR) is 71.3 cm³/mol. The van der Waals surface area contributed by atoms with Gasteiger partial charge in [-0.2, -0.15) is 0 Å². The number of anilines is 1. The molecular formula is C13H17N3O3. The van der Waals surface area contributed by atoms with Crippen molar-refractivity contribution in [2.75, 3.05) is 18.4 Å². The third-order valence-electron chi connectivity index (χ3n) is 2.49. The van der Waals surface area contributed by atoms with Crippen LogP contribution >= 0.6 is 0 Å². The number of carbonyl (C=O) groups excluding carboxylic acids is 3. The van der Waals surface area contributed by atoms with E-state index in [4.69, 9.17) is 5.73 Å². The van der Waals surface area contributed by atoms with E-state index in [2.05, 4.69) is 5.32 Å². The molecule has 0 saturated heterocycles. The Balaban J connectivity index is 2.63. The van der Waals surface area contributed by atoms with Crippen molar-refractivity contribution < 1.29 is 14.4 Å². The number of imide groups is 1. The lowest BCUT2D eigenvalue weighted by atomic mass is 10.2. The number of aryl methyl sites for hydroxylation is 1. The SMILES string of the molecule is Cc1ccc(NC(=O)C(=O)N(C=O)CCCN)cc1. The first kappa shape index (κ1) is 14.8. The van der Waals surface area contributed by atoms with E-state index in [1.54, 1.807) is 12.1 Å². The van der Waals surface area contributed by atoms with E-state index in [0.29, 0.717) is 25.1 Å². The maximum atomic E-state index is 11.7. The predicted octanol–water partition coefficient (Wildman–Crippen LogP) is 0.267. The van der Waals surface area contributed by atoms with Crippen LogP contribution in [0, 0.1) is 6.92 Å². The summed E-state index contributed by atoms with van der Waals surface area (Å²) >= 11 is 0. The second-order valence-corrected chi connectivity index (χ2v) is 4.07. The molecule has 0 aliphatic heterocycles. The smallest absolute Gasteiger partial charge is 0.318 e. The van der Waals surface area contributed by atoms with Gasteiger partial charge in [0.25, 0.3) is 0 Å². The molecule has 1 rings (SSSR count). The Hall–Kier alpha value is -2.21. The quantitative estimate of drug-likeness (QED) is 0.589. The van der Waals surface area contributed by atoms with Crippen LogP contribution in [0.15, 0.2) is 24.3 Å². The fourth-order valence-corrected chi connectivity index (χ4v) is 1.42. The summed E-state index contributed by atoms with van der Waals surface area (Å²) in [6.45, 7) is 2.40. The van der Waals surface area contributed by atoms with Gasteiger partial charge in [-0.1, -0.05) is 17.7 Å². The molecule has 3 amide bonds. The van der Waals surface area contributed by atoms with Gasteiger partial charge in [0.15, 0.2) is 0 Å². The highest BCUT2D eigenvalue weighted by atomic mass is 16.2. The molecule has 6 heteroatoms. The summed E-state index contributed by atoms with van der Waals surface area (Å²) in [5.41, 5.74) is 6.84. The van der Waals surface area contributed by atoms with Crippen molar-refractivity contribution >= 4 is 23.9 Å². The molecule has 0 spiro atoms. The normalized spacial score (nSPS) is 9.79. The van der Waals surface area contributed by atoms with E-state index in [1.807, 2.05) is 19.1 Å². The highest BCUT2D eigenvalue weighted by Gasteiger charge is 2.20. The van der Waals surface area contributed by atoms with E-state index in [9.17, 15) is 14.4 Å². The van der Waals surface area contributed by atoms with Gasteiger partial charge in [0.1, 0.15) is 0 Å². The van der Waals surface area contributed by atoms with Gasteiger partial charge < -0.3 is 11.1 Å². The number of hydrogen-bond donors (Lipinski definition) is 2. The van der Waals surface area contributed by atoms with E-state index >= 15 is 0 Å². The Morgan fingerprint density at radius 2 is 1.95 bits per heavy atom. The van der Waals surface area contributed by atoms with Crippen molar-refractivity contribution in [3.8, 4) is 0 Å². The van der Waals surface area contributed by atoms with E-state index < -0.39 is 11.8 Å². The molecule has 19 heavy (non-hydrogen) atoms. The summed E-state index contributed by atoms with van der Waals surface area (Å²) < 4.78 is 0. The van der Waals surface area contributed by atoms with Crippen LogP contribution < -0.4 is 11.1 Å². The molecular weight excluding hydrogens is 246 g/mol. The molecule has 0 bridgehead atoms. The Morgan fingerprint density at radius 1 is 1.32 bits per heavy atom. The Labute approximate surface area is 111 Å². The van der Waals surface area contributed by atoms with Gasteiger partial charge in [-0.05, 0) is 32.0 Å². The number of hydrogen-bond acceptors (Lipinski definition) is 4. The second-order valence-electron chi connectivity index (χ2n) is 4.07. The molecule has 0 heterocycles. The zero-order chi connectivity index (χ0) is 14.3. The fraction of sp³-hybridized carbons (Fsp3) is 0.308. The van der Waals surface area contributed by atoms with E-state index in [-0.39, 0.29) is 6.54 Å². The highest BCUT2D eigenvalue weighted by molar-refractivity contribution is 6.41. The maximum Gasteiger partial charge on any atom is 0.318 e. The van der Waals surface area contributed by atoms with Crippen molar-refractivity contribution in [2.24, 2.45) is 5.73 Å². The van der Waals surface area contributed by atoms with Crippen molar-refractivity contribution in [1.29, 1.82) is 0 Å². The van der Waals surface area contributed by atoms with Crippen LogP contribution in [0.1, 0.15) is 12.0 Å². The highest BCUT2D eigenvalue weighted by Crippen LogP contribution is 2.08. The van der Waals surface area contributed by atoms with Crippen LogP contribution in [0.5, 0.6) is 0 Å². The number of nitrogens with two attached hydrogens (primary N) is 1. The molecule has 0 unspecified atom stereocenters. The minimum atomic E-state index is -0.885. The van der Waals surface area contributed by atoms with Gasteiger partial charge in [0.05, 0.1) is 0 Å². The van der Waals surface area contributed by atoms with Crippen LogP contribution in [-0.4, -0.2) is 36.2 Å². The lowest BCUT2D eigenvalue weighted by Gasteiger charge is -2.14. The van der Waals surface area contributed by atoms with Crippen LogP contribution in [-0.2, 0) is 14.4 Å². The van der Waals surface area contributed by atoms with Gasteiger partial charge in [0, 0.05) is 12.2 Å². The molecule has 0 saturated carbocycles. The number of carbonyl (C=O) groups is 3. The average Bonchev–Trinajstić information content (AvgIpc) is 2.42. The monoisotopic (exact) mass is 263 g/mol. The van der Waals surface area contributed by atoms with Crippen LogP contribution in [0.25, 0.3) is 0 Å². The zero-order valence-electron chi connectivity index (χ0n) is 10.8. The average molecular weight is 263 g/mol. The number of benzene rings is 1. The summed E-state index contributed by atoms with van der Waals surface area (Å²) in [5.74, 6) is -1.73. The summed E-state index contributed by atoms with van der Waals surface area (Å²) in [6, 6.07) is 7.00.